The highest BCUT2D eigenvalue weighted by molar-refractivity contribution is 7.99. The second-order valence-corrected chi connectivity index (χ2v) is 13.6. The maximum absolute atomic E-state index is 13.4. The number of nitrogens with one attached hydrogen (secondary N) is 4. The summed E-state index contributed by atoms with van der Waals surface area (Å²) in [7, 11) is 1.79. The lowest BCUT2D eigenvalue weighted by atomic mass is 9.91. The van der Waals surface area contributed by atoms with Crippen LogP contribution in [0.2, 0.25) is 0 Å². The number of anilines is 2. The van der Waals surface area contributed by atoms with Crippen molar-refractivity contribution in [1.82, 2.24) is 15.5 Å². The number of hydrogen-bond donors (Lipinski definition) is 6. The Morgan fingerprint density at radius 3 is 2.18 bits per heavy atom. The summed E-state index contributed by atoms with van der Waals surface area (Å²) in [4.78, 5) is 63.6. The number of benzene rings is 2. The first-order valence-corrected chi connectivity index (χ1v) is 15.9. The van der Waals surface area contributed by atoms with Crippen LogP contribution in [0.3, 0.4) is 0 Å². The topological polar surface area (TPSA) is 177 Å². The lowest BCUT2D eigenvalue weighted by Crippen LogP contribution is -2.48. The number of carbonyl (C=O) groups excluding carboxylic acids is 3. The van der Waals surface area contributed by atoms with Gasteiger partial charge in [0.15, 0.2) is 0 Å². The van der Waals surface area contributed by atoms with Crippen molar-refractivity contribution in [3.05, 3.63) is 59.2 Å². The standard InChI is InChI=1S/C32H43N5O7S/c1-19-6-8-21(9-7-19)33-31(44)34-22-10-11-23-20(16-22)12-14-37(5)27(23)28(39)36-24(29(40)41)13-15-45-18-25(30(42)43)35-26(38)17-32(2,3)4/h6-11,16,24-25,27H,12-15,17-18H2,1-5H3,(H,35,38)(H,36,39)(H,40,41)(H,42,43)(H2,33,34,44). The van der Waals surface area contributed by atoms with Crippen molar-refractivity contribution in [1.29, 1.82) is 0 Å². The summed E-state index contributed by atoms with van der Waals surface area (Å²) in [6.45, 7) is 8.15. The highest BCUT2D eigenvalue weighted by Crippen LogP contribution is 2.31. The number of thioether (sulfide) groups is 1. The van der Waals surface area contributed by atoms with E-state index in [-0.39, 0.29) is 35.7 Å². The van der Waals surface area contributed by atoms with E-state index in [0.29, 0.717) is 24.3 Å². The zero-order valence-corrected chi connectivity index (χ0v) is 27.1. The number of aliphatic carboxylic acids is 2. The Balaban J connectivity index is 1.58. The van der Waals surface area contributed by atoms with Crippen LogP contribution in [0.4, 0.5) is 16.2 Å². The molecule has 0 aromatic heterocycles. The zero-order valence-electron chi connectivity index (χ0n) is 26.3. The highest BCUT2D eigenvalue weighted by Gasteiger charge is 2.33. The van der Waals surface area contributed by atoms with Gasteiger partial charge in [-0.05, 0) is 73.4 Å². The van der Waals surface area contributed by atoms with Crippen LogP contribution in [-0.2, 0) is 25.6 Å². The second-order valence-electron chi connectivity index (χ2n) is 12.5. The number of nitrogens with zero attached hydrogens (tertiary/aromatic N) is 1. The van der Waals surface area contributed by atoms with E-state index in [1.807, 2.05) is 62.9 Å². The van der Waals surface area contributed by atoms with Gasteiger partial charge >= 0.3 is 18.0 Å². The van der Waals surface area contributed by atoms with Crippen molar-refractivity contribution in [2.75, 3.05) is 35.7 Å². The molecule has 6 N–H and O–H groups in total. The number of aryl methyl sites for hydroxylation is 1. The van der Waals surface area contributed by atoms with E-state index in [0.717, 1.165) is 16.7 Å². The van der Waals surface area contributed by atoms with Crippen molar-refractivity contribution in [2.45, 2.75) is 65.1 Å². The summed E-state index contributed by atoms with van der Waals surface area (Å²) in [5, 5.41) is 30.1. The molecule has 3 rings (SSSR count). The van der Waals surface area contributed by atoms with Crippen LogP contribution in [0.25, 0.3) is 0 Å². The molecule has 0 saturated heterocycles. The molecule has 4 amide bonds. The Bertz CT molecular complexity index is 1390. The molecule has 0 bridgehead atoms. The van der Waals surface area contributed by atoms with E-state index in [1.165, 1.54) is 11.8 Å². The van der Waals surface area contributed by atoms with Gasteiger partial charge in [-0.15, -0.1) is 0 Å². The molecule has 0 saturated carbocycles. The Kier molecular flexibility index (Phi) is 12.4. The van der Waals surface area contributed by atoms with E-state index in [9.17, 15) is 34.2 Å². The average molecular weight is 642 g/mol. The molecule has 1 heterocycles. The van der Waals surface area contributed by atoms with Crippen molar-refractivity contribution in [2.24, 2.45) is 5.41 Å². The SMILES string of the molecule is Cc1ccc(NC(=O)Nc2ccc3c(c2)CCN(C)C3C(=O)NC(CCSCC(NC(=O)CC(C)(C)C)C(=O)O)C(=O)O)cc1. The van der Waals surface area contributed by atoms with Gasteiger partial charge in [-0.2, -0.15) is 11.8 Å². The number of carboxylic acid groups (broad SMARTS) is 2. The van der Waals surface area contributed by atoms with Crippen LogP contribution >= 0.6 is 11.8 Å². The molecule has 1 aliphatic heterocycles. The Morgan fingerprint density at radius 2 is 1.56 bits per heavy atom. The third kappa shape index (κ3) is 11.1. The van der Waals surface area contributed by atoms with Crippen LogP contribution in [0.1, 0.15) is 56.3 Å². The maximum atomic E-state index is 13.4. The average Bonchev–Trinajstić information content (AvgIpc) is 2.93. The largest absolute Gasteiger partial charge is 0.480 e. The van der Waals surface area contributed by atoms with Crippen LogP contribution in [0, 0.1) is 12.3 Å². The van der Waals surface area contributed by atoms with E-state index >= 15 is 0 Å². The molecule has 1 aliphatic rings. The number of rotatable bonds is 13. The first-order chi connectivity index (χ1) is 21.1. The summed E-state index contributed by atoms with van der Waals surface area (Å²) < 4.78 is 0. The van der Waals surface area contributed by atoms with Crippen LogP contribution in [-0.4, -0.2) is 82.1 Å². The maximum Gasteiger partial charge on any atom is 0.327 e. The third-order valence-electron chi connectivity index (χ3n) is 7.20. The Morgan fingerprint density at radius 1 is 0.933 bits per heavy atom. The van der Waals surface area contributed by atoms with Crippen molar-refractivity contribution in [3.8, 4) is 0 Å². The minimum absolute atomic E-state index is 0.0592. The highest BCUT2D eigenvalue weighted by atomic mass is 32.2. The van der Waals surface area contributed by atoms with Gasteiger partial charge in [-0.3, -0.25) is 14.5 Å². The van der Waals surface area contributed by atoms with E-state index in [2.05, 4.69) is 21.3 Å². The van der Waals surface area contributed by atoms with Gasteiger partial charge in [0.1, 0.15) is 18.1 Å². The van der Waals surface area contributed by atoms with Gasteiger partial charge < -0.3 is 31.5 Å². The van der Waals surface area contributed by atoms with Crippen molar-refractivity contribution < 1.29 is 34.2 Å². The molecule has 45 heavy (non-hydrogen) atoms. The normalized spacial score (nSPS) is 16.1. The Hall–Kier alpha value is -4.10. The number of hydrogen-bond acceptors (Lipinski definition) is 7. The molecule has 13 heteroatoms. The summed E-state index contributed by atoms with van der Waals surface area (Å²) in [6, 6.07) is 9.29. The summed E-state index contributed by atoms with van der Waals surface area (Å²) in [5.41, 5.74) is 3.60. The van der Waals surface area contributed by atoms with Gasteiger partial charge in [-0.25, -0.2) is 14.4 Å². The van der Waals surface area contributed by atoms with E-state index < -0.39 is 42.0 Å². The van der Waals surface area contributed by atoms with Crippen LogP contribution < -0.4 is 21.3 Å². The predicted octanol–water partition coefficient (Wildman–Crippen LogP) is 3.87. The summed E-state index contributed by atoms with van der Waals surface area (Å²) in [5.74, 6) is -2.88. The number of urea groups is 1. The van der Waals surface area contributed by atoms with Crippen LogP contribution in [0.15, 0.2) is 42.5 Å². The number of carboxylic acids is 2. The first kappa shape index (κ1) is 35.4. The molecule has 0 aliphatic carbocycles. The number of carbonyl (C=O) groups is 5. The molecule has 0 fully saturated rings. The predicted molar refractivity (Wildman–Crippen MR) is 174 cm³/mol. The quantitative estimate of drug-likeness (QED) is 0.177. The smallest absolute Gasteiger partial charge is 0.327 e. The lowest BCUT2D eigenvalue weighted by molar-refractivity contribution is -0.142. The Labute approximate surface area is 267 Å². The number of amides is 4. The first-order valence-electron chi connectivity index (χ1n) is 14.7. The van der Waals surface area contributed by atoms with Gasteiger partial charge in [0.2, 0.25) is 11.8 Å². The molecule has 244 valence electrons. The fourth-order valence-corrected chi connectivity index (χ4v) is 5.94. The minimum atomic E-state index is -1.20. The number of likely N-dealkylation sites (N-methyl/N-ethyl adjacent to an activating group) is 1. The second kappa shape index (κ2) is 15.8. The third-order valence-corrected chi connectivity index (χ3v) is 8.30. The van der Waals surface area contributed by atoms with Gasteiger partial charge in [0, 0.05) is 30.1 Å². The van der Waals surface area contributed by atoms with Gasteiger partial charge in [-0.1, -0.05) is 44.5 Å². The minimum Gasteiger partial charge on any atom is -0.480 e. The molecule has 2 aromatic rings. The van der Waals surface area contributed by atoms with Gasteiger partial charge in [0.05, 0.1) is 0 Å². The van der Waals surface area contributed by atoms with Crippen LogP contribution in [0.5, 0.6) is 0 Å². The van der Waals surface area contributed by atoms with E-state index in [4.69, 9.17) is 0 Å². The molecule has 2 aromatic carbocycles. The van der Waals surface area contributed by atoms with Crippen molar-refractivity contribution >= 4 is 52.9 Å². The number of fused-ring (bicyclic) bond motifs is 1. The van der Waals surface area contributed by atoms with Crippen molar-refractivity contribution in [3.63, 3.8) is 0 Å². The lowest BCUT2D eigenvalue weighted by Gasteiger charge is -2.34. The van der Waals surface area contributed by atoms with Gasteiger partial charge in [0.25, 0.3) is 0 Å². The molecule has 0 radical (unpaired) electrons. The molecular formula is C32H43N5O7S. The molecule has 12 nitrogen and oxygen atoms in total. The summed E-state index contributed by atoms with van der Waals surface area (Å²) >= 11 is 1.19. The fraction of sp³-hybridized carbons (Fsp3) is 0.469. The van der Waals surface area contributed by atoms with E-state index in [1.54, 1.807) is 19.2 Å². The molecule has 3 unspecified atom stereocenters. The fourth-order valence-electron chi connectivity index (χ4n) is 4.91. The zero-order chi connectivity index (χ0) is 33.3. The molecule has 0 spiro atoms. The molecular weight excluding hydrogens is 598 g/mol. The molecule has 3 atom stereocenters. The monoisotopic (exact) mass is 641 g/mol. The summed E-state index contributed by atoms with van der Waals surface area (Å²) in [6.07, 6.45) is 0.880.